The summed E-state index contributed by atoms with van der Waals surface area (Å²) in [5, 5.41) is 10.3. The Hall–Kier alpha value is -0.300. The minimum absolute atomic E-state index is 0.00236. The van der Waals surface area contributed by atoms with E-state index < -0.39 is 0 Å². The van der Waals surface area contributed by atoms with Crippen LogP contribution in [0.25, 0.3) is 0 Å². The van der Waals surface area contributed by atoms with Crippen molar-refractivity contribution in [1.82, 2.24) is 0 Å². The maximum atomic E-state index is 10.3. The third-order valence-corrected chi connectivity index (χ3v) is 5.14. The first-order valence-electron chi connectivity index (χ1n) is 6.14. The molecule has 0 amide bonds. The third-order valence-electron chi connectivity index (χ3n) is 5.14. The van der Waals surface area contributed by atoms with Crippen LogP contribution in [0, 0.1) is 23.2 Å². The minimum Gasteiger partial charge on any atom is -0.392 e. The van der Waals surface area contributed by atoms with Gasteiger partial charge in [-0.3, -0.25) is 0 Å². The van der Waals surface area contributed by atoms with Gasteiger partial charge in [0.25, 0.3) is 0 Å². The molecule has 2 saturated carbocycles. The van der Waals surface area contributed by atoms with Crippen LogP contribution in [0.3, 0.4) is 0 Å². The Morgan fingerprint density at radius 1 is 1.43 bits per heavy atom. The standard InChI is InChI=1S/C13H20O/c1-2-13-7-6-9(8-13)10-4-3-5-11(13)12(10)14/h6-7,9-12,14H,2-5,8H2,1H3. The average Bonchev–Trinajstić information content (AvgIpc) is 2.59. The second kappa shape index (κ2) is 2.85. The van der Waals surface area contributed by atoms with Crippen molar-refractivity contribution >= 4 is 0 Å². The highest BCUT2D eigenvalue weighted by atomic mass is 16.3. The van der Waals surface area contributed by atoms with Crippen molar-refractivity contribution in [3.63, 3.8) is 0 Å². The van der Waals surface area contributed by atoms with Gasteiger partial charge in [-0.15, -0.1) is 0 Å². The van der Waals surface area contributed by atoms with Crippen LogP contribution in [-0.2, 0) is 0 Å². The van der Waals surface area contributed by atoms with Crippen molar-refractivity contribution < 1.29 is 5.11 Å². The van der Waals surface area contributed by atoms with E-state index in [9.17, 15) is 5.11 Å². The lowest BCUT2D eigenvalue weighted by Crippen LogP contribution is -2.49. The molecule has 1 heteroatoms. The molecule has 3 aliphatic rings. The normalized spacial score (nSPS) is 55.0. The second-order valence-corrected chi connectivity index (χ2v) is 5.51. The van der Waals surface area contributed by atoms with Gasteiger partial charge >= 0.3 is 0 Å². The van der Waals surface area contributed by atoms with Crippen LogP contribution in [0.4, 0.5) is 0 Å². The fourth-order valence-corrected chi connectivity index (χ4v) is 4.29. The van der Waals surface area contributed by atoms with E-state index in [1.807, 2.05) is 0 Å². The Bertz CT molecular complexity index is 270. The summed E-state index contributed by atoms with van der Waals surface area (Å²) >= 11 is 0. The molecule has 0 heterocycles. The molecule has 14 heavy (non-hydrogen) atoms. The van der Waals surface area contributed by atoms with E-state index in [0.29, 0.717) is 23.2 Å². The first-order chi connectivity index (χ1) is 6.77. The van der Waals surface area contributed by atoms with Gasteiger partial charge in [-0.25, -0.2) is 0 Å². The van der Waals surface area contributed by atoms with Crippen LogP contribution in [-0.4, -0.2) is 11.2 Å². The van der Waals surface area contributed by atoms with Gasteiger partial charge in [-0.2, -0.15) is 0 Å². The lowest BCUT2D eigenvalue weighted by molar-refractivity contribution is -0.0831. The molecule has 0 aliphatic heterocycles. The highest BCUT2D eigenvalue weighted by Crippen LogP contribution is 2.58. The van der Waals surface area contributed by atoms with Gasteiger partial charge in [0.15, 0.2) is 0 Å². The Morgan fingerprint density at radius 3 is 3.07 bits per heavy atom. The van der Waals surface area contributed by atoms with E-state index in [1.165, 1.54) is 32.1 Å². The van der Waals surface area contributed by atoms with Crippen molar-refractivity contribution in [2.75, 3.05) is 0 Å². The zero-order chi connectivity index (χ0) is 9.76. The van der Waals surface area contributed by atoms with Crippen LogP contribution in [0.1, 0.15) is 39.0 Å². The molecule has 78 valence electrons. The predicted molar refractivity (Wildman–Crippen MR) is 56.8 cm³/mol. The number of hydrogen-bond donors (Lipinski definition) is 1. The van der Waals surface area contributed by atoms with Crippen LogP contribution in [0.2, 0.25) is 0 Å². The zero-order valence-electron chi connectivity index (χ0n) is 8.95. The van der Waals surface area contributed by atoms with Crippen LogP contribution in [0.15, 0.2) is 12.2 Å². The molecule has 4 bridgehead atoms. The smallest absolute Gasteiger partial charge is 0.0610 e. The number of rotatable bonds is 1. The molecule has 0 aromatic heterocycles. The molecule has 5 atom stereocenters. The van der Waals surface area contributed by atoms with Gasteiger partial charge in [-0.1, -0.05) is 25.5 Å². The summed E-state index contributed by atoms with van der Waals surface area (Å²) < 4.78 is 0. The topological polar surface area (TPSA) is 20.2 Å². The van der Waals surface area contributed by atoms with Gasteiger partial charge in [0.2, 0.25) is 0 Å². The SMILES string of the molecule is CCC12C=CC(C1)C1CCCC2C1O. The number of fused-ring (bicyclic) bond motifs is 6. The summed E-state index contributed by atoms with van der Waals surface area (Å²) in [6, 6.07) is 0. The van der Waals surface area contributed by atoms with Gasteiger partial charge in [0.1, 0.15) is 0 Å². The lowest BCUT2D eigenvalue weighted by atomic mass is 9.56. The van der Waals surface area contributed by atoms with Gasteiger partial charge in [0, 0.05) is 0 Å². The molecule has 0 aromatic carbocycles. The molecular formula is C13H20O. The average molecular weight is 192 g/mol. The fourth-order valence-electron chi connectivity index (χ4n) is 4.29. The van der Waals surface area contributed by atoms with E-state index in [0.717, 1.165) is 0 Å². The van der Waals surface area contributed by atoms with Crippen LogP contribution >= 0.6 is 0 Å². The van der Waals surface area contributed by atoms with E-state index in [4.69, 9.17) is 0 Å². The summed E-state index contributed by atoms with van der Waals surface area (Å²) in [6.45, 7) is 2.29. The molecule has 0 spiro atoms. The molecule has 3 aliphatic carbocycles. The van der Waals surface area contributed by atoms with Crippen LogP contribution < -0.4 is 0 Å². The highest BCUT2D eigenvalue weighted by molar-refractivity contribution is 5.20. The predicted octanol–water partition coefficient (Wildman–Crippen LogP) is 2.75. The Balaban J connectivity index is 2.00. The van der Waals surface area contributed by atoms with Crippen LogP contribution in [0.5, 0.6) is 0 Å². The number of aliphatic hydroxyl groups excluding tert-OH is 1. The molecule has 0 radical (unpaired) electrons. The largest absolute Gasteiger partial charge is 0.392 e. The summed E-state index contributed by atoms with van der Waals surface area (Å²) in [7, 11) is 0. The van der Waals surface area contributed by atoms with Crippen molar-refractivity contribution in [3.05, 3.63) is 12.2 Å². The van der Waals surface area contributed by atoms with Crippen molar-refractivity contribution in [3.8, 4) is 0 Å². The molecular weight excluding hydrogens is 172 g/mol. The molecule has 1 nitrogen and oxygen atoms in total. The molecule has 0 saturated heterocycles. The number of allylic oxidation sites excluding steroid dienone is 2. The minimum atomic E-state index is -0.00236. The van der Waals surface area contributed by atoms with E-state index in [2.05, 4.69) is 19.1 Å². The number of aliphatic hydroxyl groups is 1. The van der Waals surface area contributed by atoms with Crippen molar-refractivity contribution in [2.45, 2.75) is 45.1 Å². The molecule has 0 aromatic rings. The molecule has 2 fully saturated rings. The molecule has 3 rings (SSSR count). The zero-order valence-corrected chi connectivity index (χ0v) is 8.95. The van der Waals surface area contributed by atoms with Gasteiger partial charge in [0.05, 0.1) is 6.10 Å². The van der Waals surface area contributed by atoms with E-state index in [-0.39, 0.29) is 6.10 Å². The molecule has 5 unspecified atom stereocenters. The first-order valence-corrected chi connectivity index (χ1v) is 6.14. The lowest BCUT2D eigenvalue weighted by Gasteiger charge is -2.50. The van der Waals surface area contributed by atoms with Crippen molar-refractivity contribution in [1.29, 1.82) is 0 Å². The van der Waals surface area contributed by atoms with E-state index >= 15 is 0 Å². The summed E-state index contributed by atoms with van der Waals surface area (Å²) in [5.41, 5.74) is 0.376. The Kier molecular flexibility index (Phi) is 1.82. The first kappa shape index (κ1) is 8.96. The van der Waals surface area contributed by atoms with Gasteiger partial charge < -0.3 is 5.11 Å². The summed E-state index contributed by atoms with van der Waals surface area (Å²) in [4.78, 5) is 0. The summed E-state index contributed by atoms with van der Waals surface area (Å²) in [5.74, 6) is 1.86. The Morgan fingerprint density at radius 2 is 2.29 bits per heavy atom. The van der Waals surface area contributed by atoms with Crippen molar-refractivity contribution in [2.24, 2.45) is 23.2 Å². The quantitative estimate of drug-likeness (QED) is 0.633. The molecule has 1 N–H and O–H groups in total. The summed E-state index contributed by atoms with van der Waals surface area (Å²) in [6.07, 6.45) is 11.2. The monoisotopic (exact) mass is 192 g/mol. The van der Waals surface area contributed by atoms with E-state index in [1.54, 1.807) is 0 Å². The number of hydrogen-bond acceptors (Lipinski definition) is 1. The highest BCUT2D eigenvalue weighted by Gasteiger charge is 2.53. The maximum Gasteiger partial charge on any atom is 0.0610 e. The maximum absolute atomic E-state index is 10.3. The fraction of sp³-hybridized carbons (Fsp3) is 0.846. The third kappa shape index (κ3) is 0.942. The van der Waals surface area contributed by atoms with Gasteiger partial charge in [-0.05, 0) is 48.9 Å². The Labute approximate surface area is 86.2 Å². The second-order valence-electron chi connectivity index (χ2n) is 5.51.